The summed E-state index contributed by atoms with van der Waals surface area (Å²) < 4.78 is 27.9. The number of nitrogens with zero attached hydrogens (tertiary/aromatic N) is 2. The molecule has 11 heteroatoms. The lowest BCUT2D eigenvalue weighted by Crippen LogP contribution is -2.36. The van der Waals surface area contributed by atoms with E-state index in [1.807, 2.05) is 19.9 Å². The van der Waals surface area contributed by atoms with Gasteiger partial charge < -0.3 is 15.2 Å². The van der Waals surface area contributed by atoms with E-state index in [9.17, 15) is 8.42 Å². The van der Waals surface area contributed by atoms with Crippen LogP contribution in [-0.2, 0) is 23.1 Å². The number of hydrogen-bond acceptors (Lipinski definition) is 6. The van der Waals surface area contributed by atoms with Crippen LogP contribution in [0.5, 0.6) is 0 Å². The number of aromatic nitrogens is 1. The highest BCUT2D eigenvalue weighted by Crippen LogP contribution is 2.20. The molecule has 0 radical (unpaired) electrons. The fourth-order valence-electron chi connectivity index (χ4n) is 1.85. The predicted molar refractivity (Wildman–Crippen MR) is 109 cm³/mol. The van der Waals surface area contributed by atoms with E-state index in [0.29, 0.717) is 30.7 Å². The average molecular weight is 499 g/mol. The van der Waals surface area contributed by atoms with E-state index >= 15 is 0 Å². The Morgan fingerprint density at radius 2 is 2.04 bits per heavy atom. The van der Waals surface area contributed by atoms with Crippen molar-refractivity contribution in [1.29, 1.82) is 0 Å². The molecular weight excluding hydrogens is 477 g/mol. The van der Waals surface area contributed by atoms with Gasteiger partial charge in [-0.2, -0.15) is 0 Å². The third kappa shape index (κ3) is 6.56. The van der Waals surface area contributed by atoms with Gasteiger partial charge in [-0.05, 0) is 18.1 Å². The third-order valence-corrected chi connectivity index (χ3v) is 5.69. The molecule has 4 N–H and O–H groups in total. The van der Waals surface area contributed by atoms with Crippen LogP contribution in [0.4, 0.5) is 0 Å². The van der Waals surface area contributed by atoms with Gasteiger partial charge >= 0.3 is 0 Å². The van der Waals surface area contributed by atoms with Crippen molar-refractivity contribution < 1.29 is 12.9 Å². The first kappa shape index (κ1) is 21.9. The lowest BCUT2D eigenvalue weighted by Gasteiger charge is -2.09. The second-order valence-corrected chi connectivity index (χ2v) is 8.37. The number of guanidine groups is 1. The Hall–Kier alpha value is -1.18. The molecule has 0 aromatic carbocycles. The summed E-state index contributed by atoms with van der Waals surface area (Å²) in [6, 6.07) is 5.12. The van der Waals surface area contributed by atoms with Crippen molar-refractivity contribution in [1.82, 2.24) is 15.8 Å². The van der Waals surface area contributed by atoms with Gasteiger partial charge in [-0.15, -0.1) is 35.3 Å². The lowest BCUT2D eigenvalue weighted by atomic mass is 10.1. The Morgan fingerprint density at radius 1 is 1.36 bits per heavy atom. The summed E-state index contributed by atoms with van der Waals surface area (Å²) in [5, 5.41) is 15.3. The molecule has 0 aliphatic carbocycles. The first-order chi connectivity index (χ1) is 11.3. The number of sulfonamides is 1. The lowest BCUT2D eigenvalue weighted by molar-refractivity contribution is 0.372. The standard InChI is InChI=1S/C14H21N5O3S2.HI/c1-9(2)12-6-10(22-19-12)7-17-14(16-3)18-8-11-4-5-13(23-11)24(15,20)21;/h4-6,9H,7-8H2,1-3H3,(H2,15,20,21)(H2,16,17,18);1H. The molecule has 0 amide bonds. The fraction of sp³-hybridized carbons (Fsp3) is 0.429. The van der Waals surface area contributed by atoms with Crippen LogP contribution in [0, 0.1) is 0 Å². The van der Waals surface area contributed by atoms with Crippen LogP contribution in [0.2, 0.25) is 0 Å². The molecule has 2 heterocycles. The zero-order chi connectivity index (χ0) is 17.7. The van der Waals surface area contributed by atoms with Crippen molar-refractivity contribution in [2.75, 3.05) is 7.05 Å². The monoisotopic (exact) mass is 499 g/mol. The van der Waals surface area contributed by atoms with E-state index in [0.717, 1.165) is 21.9 Å². The molecule has 2 aromatic heterocycles. The second kappa shape index (κ2) is 9.50. The van der Waals surface area contributed by atoms with Gasteiger partial charge in [-0.3, -0.25) is 4.99 Å². The van der Waals surface area contributed by atoms with Crippen LogP contribution in [0.3, 0.4) is 0 Å². The van der Waals surface area contributed by atoms with Gasteiger partial charge in [-0.25, -0.2) is 13.6 Å². The van der Waals surface area contributed by atoms with Gasteiger partial charge in [-0.1, -0.05) is 19.0 Å². The number of nitrogens with two attached hydrogens (primary N) is 1. The molecular formula is C14H22IN5O3S2. The average Bonchev–Trinajstić information content (AvgIpc) is 3.16. The maximum atomic E-state index is 11.3. The Labute approximate surface area is 168 Å². The molecule has 0 aliphatic heterocycles. The smallest absolute Gasteiger partial charge is 0.247 e. The number of thiophene rings is 1. The molecule has 0 fully saturated rings. The van der Waals surface area contributed by atoms with Crippen LogP contribution < -0.4 is 15.8 Å². The molecule has 0 unspecified atom stereocenters. The summed E-state index contributed by atoms with van der Waals surface area (Å²) in [5.74, 6) is 1.60. The van der Waals surface area contributed by atoms with Crippen molar-refractivity contribution in [3.8, 4) is 0 Å². The van der Waals surface area contributed by atoms with E-state index in [2.05, 4.69) is 20.8 Å². The molecule has 8 nitrogen and oxygen atoms in total. The number of aliphatic imine (C=N–C) groups is 1. The largest absolute Gasteiger partial charge is 0.359 e. The quantitative estimate of drug-likeness (QED) is 0.318. The summed E-state index contributed by atoms with van der Waals surface area (Å²) in [6.07, 6.45) is 0. The highest BCUT2D eigenvalue weighted by molar-refractivity contribution is 14.0. The number of rotatable bonds is 6. The Kier molecular flexibility index (Phi) is 8.31. The molecule has 0 saturated carbocycles. The second-order valence-electron chi connectivity index (χ2n) is 5.42. The maximum Gasteiger partial charge on any atom is 0.247 e. The Balaban J connectivity index is 0.00000312. The number of primary sulfonamides is 1. The van der Waals surface area contributed by atoms with Crippen LogP contribution >= 0.6 is 35.3 Å². The summed E-state index contributed by atoms with van der Waals surface area (Å²) >= 11 is 1.13. The maximum absolute atomic E-state index is 11.3. The molecule has 0 aliphatic rings. The van der Waals surface area contributed by atoms with Crippen molar-refractivity contribution in [3.63, 3.8) is 0 Å². The summed E-state index contributed by atoms with van der Waals surface area (Å²) in [5.41, 5.74) is 0.906. The molecule has 0 spiro atoms. The summed E-state index contributed by atoms with van der Waals surface area (Å²) in [4.78, 5) is 4.95. The normalized spacial score (nSPS) is 12.1. The minimum Gasteiger partial charge on any atom is -0.359 e. The Bertz CT molecular complexity index is 814. The zero-order valence-electron chi connectivity index (χ0n) is 14.1. The number of hydrogen-bond donors (Lipinski definition) is 3. The van der Waals surface area contributed by atoms with Crippen LogP contribution in [0.25, 0.3) is 0 Å². The molecule has 0 atom stereocenters. The zero-order valence-corrected chi connectivity index (χ0v) is 18.1. The van der Waals surface area contributed by atoms with Gasteiger partial charge in [0.15, 0.2) is 11.7 Å². The topological polar surface area (TPSA) is 123 Å². The number of halogens is 1. The van der Waals surface area contributed by atoms with Crippen molar-refractivity contribution in [2.24, 2.45) is 10.1 Å². The van der Waals surface area contributed by atoms with Crippen molar-refractivity contribution in [2.45, 2.75) is 37.1 Å². The van der Waals surface area contributed by atoms with Crippen molar-refractivity contribution in [3.05, 3.63) is 34.5 Å². The van der Waals surface area contributed by atoms with Gasteiger partial charge in [0.25, 0.3) is 0 Å². The highest BCUT2D eigenvalue weighted by atomic mass is 127. The van der Waals surface area contributed by atoms with E-state index in [-0.39, 0.29) is 28.2 Å². The summed E-state index contributed by atoms with van der Waals surface area (Å²) in [7, 11) is -2.00. The van der Waals surface area contributed by atoms with Gasteiger partial charge in [0, 0.05) is 18.0 Å². The van der Waals surface area contributed by atoms with Crippen molar-refractivity contribution >= 4 is 51.3 Å². The summed E-state index contributed by atoms with van der Waals surface area (Å²) in [6.45, 7) is 4.98. The van der Waals surface area contributed by atoms with Crippen LogP contribution in [0.15, 0.2) is 31.9 Å². The third-order valence-electron chi connectivity index (χ3n) is 3.17. The molecule has 2 rings (SSSR count). The van der Waals surface area contributed by atoms with E-state index in [1.54, 1.807) is 13.1 Å². The molecule has 0 bridgehead atoms. The first-order valence-electron chi connectivity index (χ1n) is 7.31. The molecule has 2 aromatic rings. The minimum absolute atomic E-state index is 0. The van der Waals surface area contributed by atoms with E-state index in [1.165, 1.54) is 6.07 Å². The van der Waals surface area contributed by atoms with Crippen LogP contribution in [0.1, 0.15) is 36.1 Å². The minimum atomic E-state index is -3.65. The van der Waals surface area contributed by atoms with Crippen LogP contribution in [-0.4, -0.2) is 26.6 Å². The first-order valence-corrected chi connectivity index (χ1v) is 9.67. The highest BCUT2D eigenvalue weighted by Gasteiger charge is 2.12. The fourth-order valence-corrected chi connectivity index (χ4v) is 3.57. The predicted octanol–water partition coefficient (Wildman–Crippen LogP) is 1.99. The Morgan fingerprint density at radius 3 is 2.56 bits per heavy atom. The van der Waals surface area contributed by atoms with Gasteiger partial charge in [0.1, 0.15) is 4.21 Å². The van der Waals surface area contributed by atoms with Gasteiger partial charge in [0.05, 0.1) is 18.8 Å². The molecule has 25 heavy (non-hydrogen) atoms. The van der Waals surface area contributed by atoms with Gasteiger partial charge in [0.2, 0.25) is 10.0 Å². The molecule has 0 saturated heterocycles. The van der Waals surface area contributed by atoms with E-state index < -0.39 is 10.0 Å². The number of nitrogens with one attached hydrogen (secondary N) is 2. The SMILES string of the molecule is CN=C(NCc1cc(C(C)C)no1)NCc1ccc(S(N)(=O)=O)s1.I. The van der Waals surface area contributed by atoms with E-state index in [4.69, 9.17) is 9.66 Å². The molecule has 140 valence electrons.